The summed E-state index contributed by atoms with van der Waals surface area (Å²) in [6.07, 6.45) is -0.159. The molecule has 10 heteroatoms. The molecule has 2 bridgehead atoms. The topological polar surface area (TPSA) is 157 Å². The number of nitriles is 3. The van der Waals surface area contributed by atoms with Crippen LogP contribution in [-0.2, 0) is 9.47 Å². The van der Waals surface area contributed by atoms with Crippen molar-refractivity contribution >= 4 is 23.2 Å². The van der Waals surface area contributed by atoms with Crippen molar-refractivity contribution in [3.05, 3.63) is 74.8 Å². The highest BCUT2D eigenvalue weighted by molar-refractivity contribution is 6.31. The Morgan fingerprint density at radius 3 is 2.46 bits per heavy atom. The van der Waals surface area contributed by atoms with E-state index in [0.717, 1.165) is 11.6 Å². The Kier molecular flexibility index (Phi) is 5.07. The lowest BCUT2D eigenvalue weighted by Crippen LogP contribution is -2.60. The van der Waals surface area contributed by atoms with Gasteiger partial charge in [-0.1, -0.05) is 41.9 Å². The lowest BCUT2D eigenvalue weighted by Gasteiger charge is -2.52. The zero-order chi connectivity index (χ0) is 25.0. The summed E-state index contributed by atoms with van der Waals surface area (Å²) in [5, 5.41) is 51.5. The summed E-state index contributed by atoms with van der Waals surface area (Å²) in [6.45, 7) is 0. The maximum absolute atomic E-state index is 11.4. The second kappa shape index (κ2) is 7.78. The summed E-state index contributed by atoms with van der Waals surface area (Å²) in [7, 11) is 0. The molecule has 0 aromatic heterocycles. The van der Waals surface area contributed by atoms with Crippen molar-refractivity contribution in [2.75, 3.05) is 0 Å². The van der Waals surface area contributed by atoms with Crippen LogP contribution in [0.3, 0.4) is 0 Å². The first-order chi connectivity index (χ1) is 16.8. The van der Waals surface area contributed by atoms with Crippen LogP contribution < -0.4 is 0 Å². The number of nitrogens with zero attached hydrogens (tertiary/aromatic N) is 4. The van der Waals surface area contributed by atoms with Crippen LogP contribution in [-0.4, -0.2) is 16.6 Å². The lowest BCUT2D eigenvalue weighted by molar-refractivity contribution is -0.385. The van der Waals surface area contributed by atoms with E-state index in [0.29, 0.717) is 19.3 Å². The fourth-order valence-electron chi connectivity index (χ4n) is 5.99. The molecular formula is C25H18ClN5O4. The fourth-order valence-corrected chi connectivity index (χ4v) is 6.21. The molecule has 1 N–H and O–H groups in total. The third-order valence-corrected chi connectivity index (χ3v) is 8.00. The van der Waals surface area contributed by atoms with E-state index in [1.54, 1.807) is 0 Å². The van der Waals surface area contributed by atoms with Gasteiger partial charge in [0.1, 0.15) is 6.10 Å². The fraction of sp³-hybridized carbons (Fsp3) is 0.360. The molecule has 5 rings (SSSR count). The minimum atomic E-state index is -2.24. The van der Waals surface area contributed by atoms with Crippen molar-refractivity contribution in [2.45, 2.75) is 37.1 Å². The molecule has 0 amide bonds. The second-order valence-corrected chi connectivity index (χ2v) is 9.50. The van der Waals surface area contributed by atoms with Gasteiger partial charge in [-0.05, 0) is 30.4 Å². The Morgan fingerprint density at radius 2 is 1.83 bits per heavy atom. The van der Waals surface area contributed by atoms with E-state index < -0.39 is 39.5 Å². The van der Waals surface area contributed by atoms with Crippen molar-refractivity contribution in [3.8, 4) is 18.2 Å². The van der Waals surface area contributed by atoms with Crippen LogP contribution in [0.25, 0.3) is 0 Å². The normalized spacial score (nSPS) is 32.3. The van der Waals surface area contributed by atoms with Gasteiger partial charge in [-0.2, -0.15) is 15.8 Å². The molecule has 1 aliphatic carbocycles. The highest BCUT2D eigenvalue weighted by Crippen LogP contribution is 2.71. The predicted octanol–water partition coefficient (Wildman–Crippen LogP) is 5.15. The minimum Gasteiger partial charge on any atom is -0.447 e. The standard InChI is InChI=1S/C25H18ClN5O4/c26-19-7-6-17(31(32)33)11-18(19)21-23(12-27,13-28)24(14-29)20-10-16(15-4-2-1-3-5-15)8-9-25(20,34-21)35-22(24)30/h1-7,11,16,20-21,30H,8-10H2. The van der Waals surface area contributed by atoms with E-state index in [9.17, 15) is 25.9 Å². The van der Waals surface area contributed by atoms with Gasteiger partial charge in [0.15, 0.2) is 5.41 Å². The Labute approximate surface area is 205 Å². The first-order valence-electron chi connectivity index (χ1n) is 11.0. The summed E-state index contributed by atoms with van der Waals surface area (Å²) >= 11 is 6.39. The third kappa shape index (κ3) is 2.85. The van der Waals surface area contributed by atoms with Crippen molar-refractivity contribution in [1.82, 2.24) is 0 Å². The van der Waals surface area contributed by atoms with Gasteiger partial charge < -0.3 is 9.47 Å². The highest BCUT2D eigenvalue weighted by atomic mass is 35.5. The molecule has 2 aromatic carbocycles. The van der Waals surface area contributed by atoms with Crippen LogP contribution in [0, 0.1) is 66.3 Å². The van der Waals surface area contributed by atoms with E-state index in [1.165, 1.54) is 12.1 Å². The van der Waals surface area contributed by atoms with Crippen LogP contribution in [0.15, 0.2) is 48.5 Å². The average molecular weight is 488 g/mol. The van der Waals surface area contributed by atoms with Gasteiger partial charge in [-0.25, -0.2) is 0 Å². The van der Waals surface area contributed by atoms with Gasteiger partial charge in [0.05, 0.1) is 29.0 Å². The van der Waals surface area contributed by atoms with Crippen LogP contribution in [0.2, 0.25) is 5.02 Å². The molecule has 2 saturated heterocycles. The summed E-state index contributed by atoms with van der Waals surface area (Å²) < 4.78 is 12.3. The van der Waals surface area contributed by atoms with E-state index in [1.807, 2.05) is 42.5 Å². The highest BCUT2D eigenvalue weighted by Gasteiger charge is 2.81. The first kappa shape index (κ1) is 22.8. The van der Waals surface area contributed by atoms with E-state index >= 15 is 0 Å². The zero-order valence-electron chi connectivity index (χ0n) is 18.3. The smallest absolute Gasteiger partial charge is 0.269 e. The van der Waals surface area contributed by atoms with Crippen LogP contribution in [0.1, 0.15) is 42.4 Å². The number of hydrogen-bond acceptors (Lipinski definition) is 8. The molecule has 5 unspecified atom stereocenters. The number of nitrogens with one attached hydrogen (secondary N) is 1. The molecule has 3 aliphatic rings. The lowest BCUT2D eigenvalue weighted by atomic mass is 9.50. The van der Waals surface area contributed by atoms with Gasteiger partial charge in [0, 0.05) is 29.1 Å². The van der Waals surface area contributed by atoms with Gasteiger partial charge in [0.2, 0.25) is 17.1 Å². The van der Waals surface area contributed by atoms with E-state index in [-0.39, 0.29) is 22.2 Å². The molecule has 174 valence electrons. The number of nitro benzene ring substituents is 1. The Hall–Kier alpha value is -3.97. The summed E-state index contributed by atoms with van der Waals surface area (Å²) in [5.41, 5.74) is -3.42. The monoisotopic (exact) mass is 487 g/mol. The van der Waals surface area contributed by atoms with Crippen LogP contribution in [0.5, 0.6) is 0 Å². The number of ether oxygens (including phenoxy) is 2. The van der Waals surface area contributed by atoms with E-state index in [2.05, 4.69) is 6.07 Å². The van der Waals surface area contributed by atoms with Crippen LogP contribution >= 0.6 is 11.6 Å². The Morgan fingerprint density at radius 1 is 1.11 bits per heavy atom. The molecule has 2 aromatic rings. The number of nitro groups is 1. The largest absolute Gasteiger partial charge is 0.447 e. The molecule has 5 atom stereocenters. The minimum absolute atomic E-state index is 0.00758. The number of hydrogen-bond donors (Lipinski definition) is 1. The Bertz CT molecular complexity index is 1360. The van der Waals surface area contributed by atoms with Gasteiger partial charge >= 0.3 is 0 Å². The molecule has 2 heterocycles. The summed E-state index contributed by atoms with van der Waals surface area (Å²) in [5.74, 6) is -2.70. The third-order valence-electron chi connectivity index (χ3n) is 7.65. The summed E-state index contributed by atoms with van der Waals surface area (Å²) in [6, 6.07) is 19.4. The van der Waals surface area contributed by atoms with E-state index in [4.69, 9.17) is 26.5 Å². The molecule has 35 heavy (non-hydrogen) atoms. The number of rotatable bonds is 3. The van der Waals surface area contributed by atoms with Gasteiger partial charge in [0.25, 0.3) is 5.69 Å². The molecular weight excluding hydrogens is 470 g/mol. The van der Waals surface area contributed by atoms with Crippen molar-refractivity contribution in [1.29, 1.82) is 21.2 Å². The molecule has 0 radical (unpaired) electrons. The molecule has 1 saturated carbocycles. The SMILES string of the molecule is N#CC1(C#N)C(c2cc([N+](=O)[O-])ccc2Cl)OC23CCC(c4ccccc4)CC2C1(C#N)C(=N)O3. The molecule has 2 aliphatic heterocycles. The number of non-ortho nitro benzene ring substituents is 1. The molecule has 9 nitrogen and oxygen atoms in total. The average Bonchev–Trinajstić information content (AvgIpc) is 3.08. The maximum Gasteiger partial charge on any atom is 0.269 e. The quantitative estimate of drug-likeness (QED) is 0.463. The van der Waals surface area contributed by atoms with Crippen LogP contribution in [0.4, 0.5) is 5.69 Å². The maximum atomic E-state index is 11.4. The zero-order valence-corrected chi connectivity index (χ0v) is 19.0. The van der Waals surface area contributed by atoms with Crippen molar-refractivity contribution in [2.24, 2.45) is 16.7 Å². The summed E-state index contributed by atoms with van der Waals surface area (Å²) in [4.78, 5) is 10.8. The van der Waals surface area contributed by atoms with Gasteiger partial charge in [-0.3, -0.25) is 15.5 Å². The van der Waals surface area contributed by atoms with Crippen molar-refractivity contribution < 1.29 is 14.4 Å². The molecule has 0 spiro atoms. The predicted molar refractivity (Wildman–Crippen MR) is 122 cm³/mol. The number of benzene rings is 2. The van der Waals surface area contributed by atoms with Crippen molar-refractivity contribution in [3.63, 3.8) is 0 Å². The van der Waals surface area contributed by atoms with Gasteiger partial charge in [-0.15, -0.1) is 0 Å². The molecule has 3 fully saturated rings. The Balaban J connectivity index is 1.71. The first-order valence-corrected chi connectivity index (χ1v) is 11.3. The second-order valence-electron chi connectivity index (χ2n) is 9.09. The number of halogens is 1.